The zero-order chi connectivity index (χ0) is 37.9. The van der Waals surface area contributed by atoms with Crippen LogP contribution in [0.2, 0.25) is 10.1 Å². The molecule has 0 aliphatic carbocycles. The second kappa shape index (κ2) is 15.5. The number of aromatic nitrogens is 5. The zero-order valence-corrected chi connectivity index (χ0v) is 31.0. The van der Waals surface area contributed by atoms with Crippen molar-refractivity contribution in [3.05, 3.63) is 124 Å². The normalized spacial score (nSPS) is 12.7. The first kappa shape index (κ1) is 37.7. The molecule has 1 atom stereocenters. The van der Waals surface area contributed by atoms with Crippen molar-refractivity contribution in [1.82, 2.24) is 24.5 Å². The third kappa shape index (κ3) is 7.30. The van der Waals surface area contributed by atoms with Crippen LogP contribution >= 0.6 is 11.6 Å². The molecule has 0 N–H and O–H groups in total. The Morgan fingerprint density at radius 1 is 0.943 bits per heavy atom. The molecule has 2 heterocycles. The molecule has 1 unspecified atom stereocenters. The molecule has 15 heteroatoms. The maximum Gasteiger partial charge on any atom is 0.350 e. The fraction of sp³-hybridized carbons (Fsp3) is 0.263. The highest BCUT2D eigenvalue weighted by Gasteiger charge is 2.50. The van der Waals surface area contributed by atoms with Crippen molar-refractivity contribution in [2.45, 2.75) is 58.4 Å². The Bertz CT molecular complexity index is 2210. The van der Waals surface area contributed by atoms with Gasteiger partial charge in [0.1, 0.15) is 12.4 Å². The summed E-state index contributed by atoms with van der Waals surface area (Å²) in [6.07, 6.45) is -4.14. The topological polar surface area (TPSA) is 93.3 Å². The molecule has 0 saturated carbocycles. The lowest BCUT2D eigenvalue weighted by Gasteiger charge is -2.42. The van der Waals surface area contributed by atoms with E-state index in [9.17, 15) is 22.4 Å². The number of hydrogen-bond acceptors (Lipinski definition) is 7. The first-order chi connectivity index (χ1) is 25.4. The van der Waals surface area contributed by atoms with Crippen molar-refractivity contribution in [3.8, 4) is 23.1 Å². The van der Waals surface area contributed by atoms with Crippen LogP contribution in [0.25, 0.3) is 16.5 Å². The molecule has 0 saturated heterocycles. The van der Waals surface area contributed by atoms with Gasteiger partial charge in [0.2, 0.25) is 0 Å². The number of halogens is 5. The number of alkyl halides is 3. The zero-order valence-electron chi connectivity index (χ0n) is 29.3. The van der Waals surface area contributed by atoms with E-state index in [4.69, 9.17) is 25.5 Å². The maximum atomic E-state index is 14.7. The van der Waals surface area contributed by atoms with Crippen molar-refractivity contribution in [3.63, 3.8) is 0 Å². The molecule has 6 aromatic rings. The van der Waals surface area contributed by atoms with Crippen LogP contribution in [0.4, 0.5) is 17.6 Å². The van der Waals surface area contributed by atoms with E-state index >= 15 is 0 Å². The van der Waals surface area contributed by atoms with Gasteiger partial charge in [0.05, 0.1) is 28.9 Å². The molecule has 0 amide bonds. The second-order valence-electron chi connectivity index (χ2n) is 13.2. The average Bonchev–Trinajstić information content (AvgIpc) is 3.47. The Balaban J connectivity index is 1.48. The third-order valence-electron chi connectivity index (χ3n) is 8.84. The number of ether oxygens (including phenoxy) is 2. The average molecular weight is 766 g/mol. The van der Waals surface area contributed by atoms with Gasteiger partial charge >= 0.3 is 5.69 Å². The fourth-order valence-electron chi connectivity index (χ4n) is 6.39. The van der Waals surface area contributed by atoms with Crippen LogP contribution in [0.15, 0.2) is 102 Å². The summed E-state index contributed by atoms with van der Waals surface area (Å²) in [6.45, 7) is 6.84. The quantitative estimate of drug-likeness (QED) is 0.0882. The van der Waals surface area contributed by atoms with Gasteiger partial charge in [-0.25, -0.2) is 22.4 Å². The summed E-state index contributed by atoms with van der Waals surface area (Å²) in [6, 6.07) is 26.6. The summed E-state index contributed by atoms with van der Waals surface area (Å²) in [5, 5.41) is 14.3. The highest BCUT2D eigenvalue weighted by molar-refractivity contribution is 6.99. The van der Waals surface area contributed by atoms with Gasteiger partial charge in [-0.05, 0) is 40.5 Å². The van der Waals surface area contributed by atoms with Crippen LogP contribution in [0, 0.1) is 5.82 Å². The van der Waals surface area contributed by atoms with E-state index < -0.39 is 44.8 Å². The minimum absolute atomic E-state index is 0.0392. The fourth-order valence-corrected chi connectivity index (χ4v) is 11.1. The van der Waals surface area contributed by atoms with E-state index in [1.54, 1.807) is 6.92 Å². The van der Waals surface area contributed by atoms with Gasteiger partial charge < -0.3 is 13.9 Å². The largest absolute Gasteiger partial charge is 0.481 e. The second-order valence-corrected chi connectivity index (χ2v) is 17.9. The molecule has 0 aliphatic rings. The van der Waals surface area contributed by atoms with Gasteiger partial charge in [-0.1, -0.05) is 99.1 Å². The van der Waals surface area contributed by atoms with Gasteiger partial charge in [0, 0.05) is 18.0 Å². The lowest BCUT2D eigenvalue weighted by molar-refractivity contribution is -0.000436. The van der Waals surface area contributed by atoms with Crippen molar-refractivity contribution in [2.24, 2.45) is 0 Å². The predicted octanol–water partition coefficient (Wildman–Crippen LogP) is 7.64. The van der Waals surface area contributed by atoms with E-state index in [-0.39, 0.29) is 51.3 Å². The molecule has 2 aromatic heterocycles. The summed E-state index contributed by atoms with van der Waals surface area (Å²) < 4.78 is 77.1. The Morgan fingerprint density at radius 2 is 1.60 bits per heavy atom. The lowest BCUT2D eigenvalue weighted by Crippen LogP contribution is -2.66. The molecule has 276 valence electrons. The monoisotopic (exact) mass is 765 g/mol. The van der Waals surface area contributed by atoms with E-state index in [0.717, 1.165) is 21.1 Å². The highest BCUT2D eigenvalue weighted by atomic mass is 35.5. The summed E-state index contributed by atoms with van der Waals surface area (Å²) in [4.78, 5) is 14.0. The number of rotatable bonds is 13. The Kier molecular flexibility index (Phi) is 11.0. The summed E-state index contributed by atoms with van der Waals surface area (Å²) in [5.74, 6) is -1.60. The van der Waals surface area contributed by atoms with Crippen molar-refractivity contribution in [2.75, 3.05) is 6.67 Å². The minimum atomic E-state index is -3.22. The lowest BCUT2D eigenvalue weighted by atomic mass is 10.1. The summed E-state index contributed by atoms with van der Waals surface area (Å²) in [7, 11) is -3.04. The minimum Gasteiger partial charge on any atom is -0.481 e. The molecule has 53 heavy (non-hydrogen) atoms. The smallest absolute Gasteiger partial charge is 0.350 e. The standard InChI is InChI=1S/C38H36ClF4N5O4Si/c1-5-47-32(23-50-53(38(2,3)4,26-13-8-6-9-14-26)27-15-10-7-11-16-27)46-48(37(47)49)25-19-24-22-44-45-36(52-34-28(39)17-12-18-29(34)41)33(24)30(20-25)51-31(21-40)35(42)43/h6-20,22,31,35H,5,21,23H2,1-4H3. The Labute approximate surface area is 308 Å². The van der Waals surface area contributed by atoms with Crippen molar-refractivity contribution >= 4 is 41.1 Å². The summed E-state index contributed by atoms with van der Waals surface area (Å²) >= 11 is 6.17. The van der Waals surface area contributed by atoms with Crippen LogP contribution < -0.4 is 25.5 Å². The predicted molar refractivity (Wildman–Crippen MR) is 197 cm³/mol. The number of fused-ring (bicyclic) bond motifs is 1. The van der Waals surface area contributed by atoms with Crippen molar-refractivity contribution in [1.29, 1.82) is 0 Å². The van der Waals surface area contributed by atoms with Gasteiger partial charge in [-0.2, -0.15) is 9.78 Å². The highest BCUT2D eigenvalue weighted by Crippen LogP contribution is 2.40. The third-order valence-corrected chi connectivity index (χ3v) is 14.1. The van der Waals surface area contributed by atoms with Crippen LogP contribution in [0.5, 0.6) is 17.4 Å². The van der Waals surface area contributed by atoms with Gasteiger partial charge in [-0.15, -0.1) is 10.2 Å². The Morgan fingerprint density at radius 3 is 2.17 bits per heavy atom. The molecule has 0 radical (unpaired) electrons. The molecule has 4 aromatic carbocycles. The molecular formula is C38H36ClF4N5O4Si. The van der Waals surface area contributed by atoms with Gasteiger partial charge in [0.15, 0.2) is 23.5 Å². The molecule has 0 fully saturated rings. The van der Waals surface area contributed by atoms with Crippen LogP contribution in [-0.4, -0.2) is 52.1 Å². The number of nitrogens with zero attached hydrogens (tertiary/aromatic N) is 5. The van der Waals surface area contributed by atoms with E-state index in [1.807, 2.05) is 36.4 Å². The van der Waals surface area contributed by atoms with Gasteiger partial charge in [0.25, 0.3) is 20.6 Å². The van der Waals surface area contributed by atoms with E-state index in [0.29, 0.717) is 5.82 Å². The molecule has 0 aliphatic heterocycles. The number of para-hydroxylation sites is 1. The number of hydrogen-bond donors (Lipinski definition) is 0. The van der Waals surface area contributed by atoms with Crippen LogP contribution in [-0.2, 0) is 17.6 Å². The first-order valence-electron chi connectivity index (χ1n) is 16.8. The van der Waals surface area contributed by atoms with Gasteiger partial charge in [-0.3, -0.25) is 4.57 Å². The maximum absolute atomic E-state index is 14.7. The summed E-state index contributed by atoms with van der Waals surface area (Å²) in [5.41, 5.74) is -0.461. The first-order valence-corrected chi connectivity index (χ1v) is 19.0. The molecule has 6 rings (SSSR count). The van der Waals surface area contributed by atoms with Crippen molar-refractivity contribution < 1.29 is 31.5 Å². The Hall–Kier alpha value is -5.05. The number of benzene rings is 4. The van der Waals surface area contributed by atoms with Crippen LogP contribution in [0.1, 0.15) is 33.5 Å². The molecular weight excluding hydrogens is 730 g/mol. The molecule has 0 spiro atoms. The SMILES string of the molecule is CCn1c(CO[Si](c2ccccc2)(c2ccccc2)C(C)(C)C)nn(-c2cc(OC(CF)C(F)F)c3c(Oc4c(F)cccc4Cl)nncc3c2)c1=O. The van der Waals surface area contributed by atoms with E-state index in [1.165, 1.54) is 35.0 Å². The molecule has 9 nitrogen and oxygen atoms in total. The molecule has 0 bridgehead atoms. The van der Waals surface area contributed by atoms with Crippen LogP contribution in [0.3, 0.4) is 0 Å². The van der Waals surface area contributed by atoms with E-state index in [2.05, 4.69) is 60.3 Å².